The standard InChI is InChI=1S/C25H31NO6S/c1-30-15-16-31-24(27)26-13-11-25(12-14-26)10-9-22-17-21(7-8-23(22)32-25)20-5-3-19(4-6-20)18-33(2,28)29/h3-8,17H,9-16,18H2,1-2H3. The number of amides is 1. The molecule has 178 valence electrons. The summed E-state index contributed by atoms with van der Waals surface area (Å²) in [6, 6.07) is 13.9. The van der Waals surface area contributed by atoms with Gasteiger partial charge in [0.1, 0.15) is 18.0 Å². The zero-order valence-electron chi connectivity index (χ0n) is 19.2. The van der Waals surface area contributed by atoms with Crippen molar-refractivity contribution in [3.63, 3.8) is 0 Å². The maximum absolute atomic E-state index is 12.2. The molecule has 0 bridgehead atoms. The SMILES string of the molecule is COCCOC(=O)N1CCC2(CCc3cc(-c4ccc(CS(C)(=O)=O)cc4)ccc3O2)CC1. The number of rotatable bonds is 6. The number of carbonyl (C=O) groups is 1. The molecule has 0 atom stereocenters. The number of ether oxygens (including phenoxy) is 3. The summed E-state index contributed by atoms with van der Waals surface area (Å²) in [7, 11) is -1.46. The van der Waals surface area contributed by atoms with E-state index in [0.717, 1.165) is 48.1 Å². The van der Waals surface area contributed by atoms with Crippen molar-refractivity contribution in [1.82, 2.24) is 4.90 Å². The van der Waals surface area contributed by atoms with Crippen LogP contribution in [0.3, 0.4) is 0 Å². The third-order valence-corrected chi connectivity index (χ3v) is 7.26. The van der Waals surface area contributed by atoms with E-state index in [-0.39, 0.29) is 24.1 Å². The molecule has 2 aromatic rings. The van der Waals surface area contributed by atoms with E-state index in [0.29, 0.717) is 19.7 Å². The van der Waals surface area contributed by atoms with E-state index in [1.54, 1.807) is 12.0 Å². The molecule has 1 spiro atoms. The van der Waals surface area contributed by atoms with Gasteiger partial charge in [-0.05, 0) is 47.2 Å². The third kappa shape index (κ3) is 5.86. The fourth-order valence-corrected chi connectivity index (χ4v) is 5.35. The van der Waals surface area contributed by atoms with Crippen molar-refractivity contribution < 1.29 is 27.4 Å². The topological polar surface area (TPSA) is 82.1 Å². The molecule has 2 heterocycles. The van der Waals surface area contributed by atoms with Gasteiger partial charge in [-0.2, -0.15) is 0 Å². The number of methoxy groups -OCH3 is 1. The molecule has 2 aliphatic rings. The highest BCUT2D eigenvalue weighted by Gasteiger charge is 2.40. The molecule has 0 unspecified atom stereocenters. The third-order valence-electron chi connectivity index (χ3n) is 6.40. The van der Waals surface area contributed by atoms with Crippen molar-refractivity contribution in [1.29, 1.82) is 0 Å². The Morgan fingerprint density at radius 1 is 1.03 bits per heavy atom. The molecule has 0 radical (unpaired) electrons. The Kier molecular flexibility index (Phi) is 6.95. The van der Waals surface area contributed by atoms with E-state index in [2.05, 4.69) is 6.07 Å². The summed E-state index contributed by atoms with van der Waals surface area (Å²) in [6.45, 7) is 1.91. The van der Waals surface area contributed by atoms with Crippen molar-refractivity contribution in [3.05, 3.63) is 53.6 Å². The van der Waals surface area contributed by atoms with Crippen LogP contribution in [0.2, 0.25) is 0 Å². The number of likely N-dealkylation sites (tertiary alicyclic amines) is 1. The van der Waals surface area contributed by atoms with Gasteiger partial charge in [-0.25, -0.2) is 13.2 Å². The zero-order valence-corrected chi connectivity index (χ0v) is 20.0. The predicted octanol–water partition coefficient (Wildman–Crippen LogP) is 3.84. The molecule has 0 N–H and O–H groups in total. The number of piperidine rings is 1. The monoisotopic (exact) mass is 473 g/mol. The fraction of sp³-hybridized carbons (Fsp3) is 0.480. The van der Waals surface area contributed by atoms with E-state index in [9.17, 15) is 13.2 Å². The van der Waals surface area contributed by atoms with Crippen molar-refractivity contribution in [2.75, 3.05) is 39.7 Å². The molecule has 7 nitrogen and oxygen atoms in total. The summed E-state index contributed by atoms with van der Waals surface area (Å²) in [5.74, 6) is 0.963. The van der Waals surface area contributed by atoms with E-state index in [1.807, 2.05) is 36.4 Å². The van der Waals surface area contributed by atoms with Crippen molar-refractivity contribution in [2.24, 2.45) is 0 Å². The highest BCUT2D eigenvalue weighted by molar-refractivity contribution is 7.89. The maximum Gasteiger partial charge on any atom is 0.409 e. The molecule has 0 saturated carbocycles. The van der Waals surface area contributed by atoms with Crippen LogP contribution < -0.4 is 4.74 Å². The van der Waals surface area contributed by atoms with Crippen LogP contribution in [0.25, 0.3) is 11.1 Å². The highest BCUT2D eigenvalue weighted by atomic mass is 32.2. The van der Waals surface area contributed by atoms with Gasteiger partial charge in [0.05, 0.1) is 12.4 Å². The average molecular weight is 474 g/mol. The van der Waals surface area contributed by atoms with Crippen molar-refractivity contribution >= 4 is 15.9 Å². The van der Waals surface area contributed by atoms with Crippen LogP contribution in [0, 0.1) is 0 Å². The van der Waals surface area contributed by atoms with Crippen molar-refractivity contribution in [3.8, 4) is 16.9 Å². The van der Waals surface area contributed by atoms with Crippen LogP contribution in [-0.2, 0) is 31.5 Å². The molecule has 0 aromatic heterocycles. The Morgan fingerprint density at radius 2 is 1.73 bits per heavy atom. The molecule has 2 aliphatic heterocycles. The van der Waals surface area contributed by atoms with Gasteiger partial charge in [0.2, 0.25) is 0 Å². The van der Waals surface area contributed by atoms with E-state index in [1.165, 1.54) is 11.8 Å². The lowest BCUT2D eigenvalue weighted by Gasteiger charge is -2.44. The van der Waals surface area contributed by atoms with E-state index in [4.69, 9.17) is 14.2 Å². The van der Waals surface area contributed by atoms with Crippen LogP contribution in [0.5, 0.6) is 5.75 Å². The smallest absolute Gasteiger partial charge is 0.409 e. The number of fused-ring (bicyclic) bond motifs is 1. The summed E-state index contributed by atoms with van der Waals surface area (Å²) in [5, 5.41) is 0. The van der Waals surface area contributed by atoms with E-state index < -0.39 is 9.84 Å². The predicted molar refractivity (Wildman–Crippen MR) is 126 cm³/mol. The Hall–Kier alpha value is -2.58. The minimum Gasteiger partial charge on any atom is -0.487 e. The minimum atomic E-state index is -3.04. The van der Waals surface area contributed by atoms with Crippen LogP contribution >= 0.6 is 0 Å². The summed E-state index contributed by atoms with van der Waals surface area (Å²) in [5.41, 5.74) is 3.88. The second-order valence-corrected chi connectivity index (χ2v) is 11.1. The largest absolute Gasteiger partial charge is 0.487 e. The Bertz CT molecular complexity index is 1090. The molecule has 2 aromatic carbocycles. The summed E-state index contributed by atoms with van der Waals surface area (Å²) < 4.78 is 39.7. The molecule has 1 saturated heterocycles. The first-order chi connectivity index (χ1) is 15.8. The first kappa shape index (κ1) is 23.6. The summed E-state index contributed by atoms with van der Waals surface area (Å²) in [4.78, 5) is 13.9. The maximum atomic E-state index is 12.2. The summed E-state index contributed by atoms with van der Waals surface area (Å²) >= 11 is 0. The molecule has 8 heteroatoms. The Balaban J connectivity index is 1.38. The van der Waals surface area contributed by atoms with Crippen molar-refractivity contribution in [2.45, 2.75) is 37.0 Å². The lowest BCUT2D eigenvalue weighted by molar-refractivity contribution is -0.0161. The molecule has 1 fully saturated rings. The van der Waals surface area contributed by atoms with Gasteiger partial charge in [0, 0.05) is 39.3 Å². The first-order valence-electron chi connectivity index (χ1n) is 11.3. The minimum absolute atomic E-state index is 0.0513. The second kappa shape index (κ2) is 9.73. The zero-order chi connectivity index (χ0) is 23.5. The second-order valence-electron chi connectivity index (χ2n) is 8.97. The van der Waals surface area contributed by atoms with Gasteiger partial charge in [0.25, 0.3) is 0 Å². The Morgan fingerprint density at radius 3 is 2.39 bits per heavy atom. The molecule has 33 heavy (non-hydrogen) atoms. The average Bonchev–Trinajstić information content (AvgIpc) is 2.79. The van der Waals surface area contributed by atoms with Gasteiger partial charge in [0.15, 0.2) is 9.84 Å². The van der Waals surface area contributed by atoms with Crippen LogP contribution in [0.1, 0.15) is 30.4 Å². The van der Waals surface area contributed by atoms with Crippen LogP contribution in [-0.4, -0.2) is 64.7 Å². The van der Waals surface area contributed by atoms with Gasteiger partial charge in [-0.1, -0.05) is 30.3 Å². The number of aryl methyl sites for hydroxylation is 1. The van der Waals surface area contributed by atoms with Gasteiger partial charge in [-0.15, -0.1) is 0 Å². The number of hydrogen-bond donors (Lipinski definition) is 0. The normalized spacial score (nSPS) is 17.3. The fourth-order valence-electron chi connectivity index (χ4n) is 4.55. The van der Waals surface area contributed by atoms with Crippen LogP contribution in [0.4, 0.5) is 4.79 Å². The molecular formula is C25H31NO6S. The molecule has 4 rings (SSSR count). The number of hydrogen-bond acceptors (Lipinski definition) is 6. The van der Waals surface area contributed by atoms with Crippen LogP contribution in [0.15, 0.2) is 42.5 Å². The highest BCUT2D eigenvalue weighted by Crippen LogP contribution is 2.40. The van der Waals surface area contributed by atoms with Gasteiger partial charge in [-0.3, -0.25) is 0 Å². The molecule has 1 amide bonds. The quantitative estimate of drug-likeness (QED) is 0.593. The molecular weight excluding hydrogens is 442 g/mol. The number of benzene rings is 2. The van der Waals surface area contributed by atoms with Gasteiger partial charge < -0.3 is 19.1 Å². The molecule has 0 aliphatic carbocycles. The number of nitrogens with zero attached hydrogens (tertiary/aromatic N) is 1. The number of sulfone groups is 1. The Labute approximate surface area is 195 Å². The number of carbonyl (C=O) groups excluding carboxylic acids is 1. The summed E-state index contributed by atoms with van der Waals surface area (Å²) in [6.07, 6.45) is 4.38. The van der Waals surface area contributed by atoms with Gasteiger partial charge >= 0.3 is 6.09 Å². The van der Waals surface area contributed by atoms with E-state index >= 15 is 0 Å². The first-order valence-corrected chi connectivity index (χ1v) is 13.3. The lowest BCUT2D eigenvalue weighted by Crippen LogP contribution is -2.51. The lowest BCUT2D eigenvalue weighted by atomic mass is 9.82.